The summed E-state index contributed by atoms with van der Waals surface area (Å²) in [7, 11) is 0. The molecule has 19 aromatic rings. The van der Waals surface area contributed by atoms with Gasteiger partial charge < -0.3 is 9.97 Å². The molecule has 8 bridgehead atoms. The highest BCUT2D eigenvalue weighted by Gasteiger charge is 2.26. The molecule has 2 aliphatic heterocycles. The standard InChI is InChI=1S/C82H40Cl4N8S/c83-70-65-37-54-31-46-25-42-21-20-41-24-45-28-49-29-47-26-43-22-39-10-1-2-11-40(39)23-44(43)27-48(47)30-50(49)32-52(45)35-63(41)64(42)36-53(46)33-51(54)34-55(65)38-66-69(70)71(84)72(85)73(86)74(66)95-67-19-9-18-62-68(67)82-93-80-61-17-8-7-16-60(61)78(91-80)89-76-57-13-4-3-12-56(57)75(87-76)88-77-58-14-5-6-15-59(58)79(90-77)92-81(62)94-82/h1-38H,(H2,87,88,89,90,91,92,93,94). The molecular weight excluding hydrogens is 1270 g/mol. The number of rotatable bonds is 2. The average molecular weight is 1310 g/mol. The monoisotopic (exact) mass is 1310 g/mol. The van der Waals surface area contributed by atoms with Crippen molar-refractivity contribution in [2.45, 2.75) is 9.79 Å². The Morgan fingerprint density at radius 3 is 1.07 bits per heavy atom. The van der Waals surface area contributed by atoms with Crippen LogP contribution in [0.4, 0.5) is 0 Å². The van der Waals surface area contributed by atoms with Crippen molar-refractivity contribution in [2.75, 3.05) is 0 Å². The lowest BCUT2D eigenvalue weighted by molar-refractivity contribution is 1.19. The highest BCUT2D eigenvalue weighted by molar-refractivity contribution is 8.00. The summed E-state index contributed by atoms with van der Waals surface area (Å²) < 4.78 is 0. The van der Waals surface area contributed by atoms with Crippen molar-refractivity contribution in [1.29, 1.82) is 0 Å². The van der Waals surface area contributed by atoms with E-state index < -0.39 is 0 Å². The molecule has 0 saturated heterocycles. The van der Waals surface area contributed by atoms with Gasteiger partial charge in [-0.3, -0.25) is 0 Å². The topological polar surface area (TPSA) is 109 Å². The Balaban J connectivity index is 0.722. The predicted molar refractivity (Wildman–Crippen MR) is 399 cm³/mol. The third-order valence-corrected chi connectivity index (χ3v) is 22.5. The summed E-state index contributed by atoms with van der Waals surface area (Å²) in [6.07, 6.45) is 0. The lowest BCUT2D eigenvalue weighted by Gasteiger charge is -2.17. The van der Waals surface area contributed by atoms with E-state index in [1.165, 1.54) is 87.2 Å². The van der Waals surface area contributed by atoms with Crippen LogP contribution in [0.25, 0.3) is 208 Å². The molecule has 0 atom stereocenters. The molecule has 16 aromatic carbocycles. The van der Waals surface area contributed by atoms with Crippen LogP contribution >= 0.6 is 58.2 Å². The Bertz CT molecular complexity index is 7020. The molecule has 0 fully saturated rings. The van der Waals surface area contributed by atoms with E-state index in [0.29, 0.717) is 66.2 Å². The van der Waals surface area contributed by atoms with Crippen LogP contribution in [0.2, 0.25) is 20.1 Å². The number of aromatic nitrogens is 8. The molecule has 3 aromatic heterocycles. The summed E-state index contributed by atoms with van der Waals surface area (Å²) in [5.74, 6) is 2.03. The number of benzene rings is 16. The Morgan fingerprint density at radius 2 is 0.589 bits per heavy atom. The second-order valence-corrected chi connectivity index (χ2v) is 27.5. The highest BCUT2D eigenvalue weighted by atomic mass is 35.5. The molecule has 0 spiro atoms. The molecule has 442 valence electrons. The van der Waals surface area contributed by atoms with Crippen molar-refractivity contribution in [3.63, 3.8) is 0 Å². The van der Waals surface area contributed by atoms with Crippen LogP contribution in [0, 0.1) is 0 Å². The van der Waals surface area contributed by atoms with E-state index in [1.807, 2.05) is 84.9 Å². The fourth-order valence-corrected chi connectivity index (χ4v) is 17.3. The molecule has 0 amide bonds. The van der Waals surface area contributed by atoms with Crippen LogP contribution < -0.4 is 0 Å². The third-order valence-electron chi connectivity index (χ3n) is 19.4. The number of hydrogen-bond acceptors (Lipinski definition) is 7. The summed E-state index contributed by atoms with van der Waals surface area (Å²) in [6, 6.07) is 82.4. The molecular formula is C82H40Cl4N8S. The first kappa shape index (κ1) is 53.7. The molecule has 5 heterocycles. The van der Waals surface area contributed by atoms with Gasteiger partial charge in [0.1, 0.15) is 22.6 Å². The van der Waals surface area contributed by atoms with Gasteiger partial charge in [0.05, 0.1) is 20.1 Å². The van der Waals surface area contributed by atoms with E-state index in [1.54, 1.807) is 0 Å². The Hall–Kier alpha value is -10.8. The lowest BCUT2D eigenvalue weighted by Crippen LogP contribution is -1.89. The Labute approximate surface area is 562 Å². The maximum atomic E-state index is 7.67. The number of nitrogens with zero attached hydrogens (tertiary/aromatic N) is 6. The van der Waals surface area contributed by atoms with Gasteiger partial charge in [-0.2, -0.15) is 0 Å². The second-order valence-electron chi connectivity index (χ2n) is 24.9. The summed E-state index contributed by atoms with van der Waals surface area (Å²) in [4.78, 5) is 40.0. The first-order valence-corrected chi connectivity index (χ1v) is 33.5. The van der Waals surface area contributed by atoms with Gasteiger partial charge in [-0.1, -0.05) is 179 Å². The Morgan fingerprint density at radius 1 is 0.232 bits per heavy atom. The van der Waals surface area contributed by atoms with Crippen molar-refractivity contribution in [1.82, 2.24) is 39.9 Å². The smallest absolute Gasteiger partial charge is 0.164 e. The summed E-state index contributed by atoms with van der Waals surface area (Å²) >= 11 is 31.2. The van der Waals surface area contributed by atoms with E-state index in [2.05, 4.69) is 156 Å². The van der Waals surface area contributed by atoms with Crippen molar-refractivity contribution in [3.8, 4) is 45.6 Å². The summed E-state index contributed by atoms with van der Waals surface area (Å²) in [5.41, 5.74) is 5.71. The summed E-state index contributed by atoms with van der Waals surface area (Å²) in [6.45, 7) is 0. The minimum atomic E-state index is 0.203. The van der Waals surface area contributed by atoms with Crippen LogP contribution in [0.3, 0.4) is 0 Å². The van der Waals surface area contributed by atoms with Crippen molar-refractivity contribution >= 4 is 221 Å². The summed E-state index contributed by atoms with van der Waals surface area (Å²) in [5, 5.41) is 29.3. The lowest BCUT2D eigenvalue weighted by atomic mass is 9.92. The molecule has 0 saturated carbocycles. The van der Waals surface area contributed by atoms with Crippen LogP contribution in [0.1, 0.15) is 0 Å². The van der Waals surface area contributed by atoms with Crippen LogP contribution in [-0.2, 0) is 0 Å². The number of halogens is 4. The van der Waals surface area contributed by atoms with Gasteiger partial charge in [0, 0.05) is 69.7 Å². The fraction of sp³-hybridized carbons (Fsp3) is 0. The molecule has 13 heteroatoms. The van der Waals surface area contributed by atoms with Crippen molar-refractivity contribution < 1.29 is 0 Å². The largest absolute Gasteiger partial charge is 0.324 e. The third kappa shape index (κ3) is 8.11. The van der Waals surface area contributed by atoms with Gasteiger partial charge in [0.2, 0.25) is 0 Å². The highest BCUT2D eigenvalue weighted by Crippen LogP contribution is 2.52. The van der Waals surface area contributed by atoms with Gasteiger partial charge in [0.25, 0.3) is 0 Å². The van der Waals surface area contributed by atoms with Crippen LogP contribution in [-0.4, -0.2) is 39.9 Å². The van der Waals surface area contributed by atoms with Gasteiger partial charge in [0.15, 0.2) is 23.3 Å². The number of aromatic amines is 2. The SMILES string of the molecule is Clc1c(Cl)c(Cl)c2c(Cl)c3cc4cc5cc6ccc7cc8cc9cc%10cc%11cc%12ccccc%12cc%11cc%10cc9cc8cc7c6cc5cc4cc3cc2c1Sc1cccc2c3nc4nc(nc5[nH]c(nc6nc(nc([nH]3)c12)-c1ccccc1-6)c1ccccc51)-c1ccccc1-4. The normalized spacial score (nSPS) is 12.5. The van der Waals surface area contributed by atoms with Gasteiger partial charge in [-0.05, 0) is 212 Å². The van der Waals surface area contributed by atoms with E-state index in [9.17, 15) is 0 Å². The molecule has 0 aliphatic carbocycles. The number of hydrogen-bond donors (Lipinski definition) is 2. The van der Waals surface area contributed by atoms with Gasteiger partial charge >= 0.3 is 0 Å². The molecule has 95 heavy (non-hydrogen) atoms. The van der Waals surface area contributed by atoms with E-state index in [-0.39, 0.29) is 10.0 Å². The van der Waals surface area contributed by atoms with Gasteiger partial charge in [-0.25, -0.2) is 29.9 Å². The quantitative estimate of drug-likeness (QED) is 0.101. The van der Waals surface area contributed by atoms with Crippen LogP contribution in [0.15, 0.2) is 240 Å². The molecule has 21 rings (SSSR count). The van der Waals surface area contributed by atoms with Crippen molar-refractivity contribution in [2.24, 2.45) is 0 Å². The first-order chi connectivity index (χ1) is 46.6. The second kappa shape index (κ2) is 19.9. The van der Waals surface area contributed by atoms with Gasteiger partial charge in [-0.15, -0.1) is 0 Å². The van der Waals surface area contributed by atoms with E-state index in [0.717, 1.165) is 86.4 Å². The maximum Gasteiger partial charge on any atom is 0.164 e. The van der Waals surface area contributed by atoms with E-state index >= 15 is 0 Å². The zero-order valence-electron chi connectivity index (χ0n) is 49.5. The number of nitrogens with one attached hydrogen (secondary N) is 2. The molecule has 0 radical (unpaired) electrons. The fourth-order valence-electron chi connectivity index (χ4n) is 14.9. The minimum absolute atomic E-state index is 0.203. The Kier molecular flexibility index (Phi) is 11.3. The van der Waals surface area contributed by atoms with Crippen molar-refractivity contribution in [3.05, 3.63) is 251 Å². The zero-order chi connectivity index (χ0) is 62.6. The molecule has 8 nitrogen and oxygen atoms in total. The first-order valence-electron chi connectivity index (χ1n) is 31.1. The number of H-pyrrole nitrogens is 2. The van der Waals surface area contributed by atoms with E-state index in [4.69, 9.17) is 76.3 Å². The number of fused-ring (bicyclic) bond motifs is 32. The molecule has 0 unspecified atom stereocenters. The minimum Gasteiger partial charge on any atom is -0.324 e. The zero-order valence-corrected chi connectivity index (χ0v) is 53.4. The predicted octanol–water partition coefficient (Wildman–Crippen LogP) is 24.3. The average Bonchev–Trinajstić information content (AvgIpc) is 1.53. The van der Waals surface area contributed by atoms with Crippen LogP contribution in [0.5, 0.6) is 0 Å². The maximum absolute atomic E-state index is 7.67. The molecule has 2 N–H and O–H groups in total. The molecule has 2 aliphatic rings.